The zero-order valence-electron chi connectivity index (χ0n) is 7.86. The Morgan fingerprint density at radius 1 is 1.47 bits per heavy atom. The maximum atomic E-state index is 12.7. The lowest BCUT2D eigenvalue weighted by Crippen LogP contribution is -2.13. The second kappa shape index (κ2) is 3.69. The van der Waals surface area contributed by atoms with Gasteiger partial charge in [-0.15, -0.1) is 0 Å². The third-order valence-electron chi connectivity index (χ3n) is 1.94. The number of fused-ring (bicyclic) bond motifs is 1. The highest BCUT2D eigenvalue weighted by Gasteiger charge is 2.36. The summed E-state index contributed by atoms with van der Waals surface area (Å²) in [6.07, 6.45) is -2.94. The van der Waals surface area contributed by atoms with Crippen molar-refractivity contribution in [1.82, 2.24) is 14.4 Å². The van der Waals surface area contributed by atoms with E-state index in [0.717, 1.165) is 12.4 Å². The molecule has 0 aliphatic carbocycles. The molecule has 17 heavy (non-hydrogen) atoms. The van der Waals surface area contributed by atoms with Gasteiger partial charge in [0.1, 0.15) is 5.69 Å². The minimum Gasteiger partial charge on any atom is -0.476 e. The van der Waals surface area contributed by atoms with Crippen molar-refractivity contribution in [3.8, 4) is 0 Å². The molecular weight excluding hydrogens is 307 g/mol. The van der Waals surface area contributed by atoms with Crippen LogP contribution in [-0.2, 0) is 6.18 Å². The molecule has 2 aromatic rings. The molecule has 0 saturated carbocycles. The highest BCUT2D eigenvalue weighted by molar-refractivity contribution is 9.10. The third-order valence-corrected chi connectivity index (χ3v) is 2.52. The van der Waals surface area contributed by atoms with Crippen LogP contribution in [0.1, 0.15) is 16.2 Å². The Morgan fingerprint density at radius 2 is 2.12 bits per heavy atom. The molecule has 2 heterocycles. The summed E-state index contributed by atoms with van der Waals surface area (Å²) in [7, 11) is 0. The van der Waals surface area contributed by atoms with Gasteiger partial charge >= 0.3 is 12.1 Å². The van der Waals surface area contributed by atoms with Gasteiger partial charge in [0.05, 0.1) is 4.47 Å². The summed E-state index contributed by atoms with van der Waals surface area (Å²) in [5, 5.41) is 8.65. The molecule has 1 N–H and O–H groups in total. The van der Waals surface area contributed by atoms with Crippen LogP contribution in [0.15, 0.2) is 16.9 Å². The van der Waals surface area contributed by atoms with Gasteiger partial charge in [0.15, 0.2) is 5.69 Å². The van der Waals surface area contributed by atoms with E-state index in [4.69, 9.17) is 5.11 Å². The monoisotopic (exact) mass is 309 g/mol. The lowest BCUT2D eigenvalue weighted by Gasteiger charge is -2.10. The second-order valence-corrected chi connectivity index (χ2v) is 3.91. The Kier molecular flexibility index (Phi) is 2.57. The van der Waals surface area contributed by atoms with Gasteiger partial charge in [-0.1, -0.05) is 0 Å². The predicted molar refractivity (Wildman–Crippen MR) is 52.6 cm³/mol. The molecule has 2 rings (SSSR count). The molecule has 0 amide bonds. The molecule has 0 spiro atoms. The molecule has 0 fully saturated rings. The standard InChI is InChI=1S/C8H3BrF3N3O2/c9-3-1-13-7-14-4(6(16)17)2-15(7)5(3)8(10,11)12/h1-2H,(H,16,17). The summed E-state index contributed by atoms with van der Waals surface area (Å²) in [5.41, 5.74) is -1.55. The molecule has 0 aliphatic rings. The average Bonchev–Trinajstić information content (AvgIpc) is 2.58. The van der Waals surface area contributed by atoms with Crippen LogP contribution in [-0.4, -0.2) is 25.4 Å². The van der Waals surface area contributed by atoms with E-state index in [9.17, 15) is 18.0 Å². The third kappa shape index (κ3) is 1.97. The molecule has 90 valence electrons. The number of nitrogens with zero attached hydrogens (tertiary/aromatic N) is 3. The normalized spacial score (nSPS) is 12.0. The molecule has 0 saturated heterocycles. The molecule has 0 unspecified atom stereocenters. The maximum Gasteiger partial charge on any atom is 0.433 e. The van der Waals surface area contributed by atoms with Crippen LogP contribution in [0.2, 0.25) is 0 Å². The van der Waals surface area contributed by atoms with Crippen molar-refractivity contribution >= 4 is 27.7 Å². The van der Waals surface area contributed by atoms with Crippen molar-refractivity contribution in [2.75, 3.05) is 0 Å². The van der Waals surface area contributed by atoms with Crippen LogP contribution < -0.4 is 0 Å². The number of carboxylic acids is 1. The number of aromatic nitrogens is 3. The van der Waals surface area contributed by atoms with Gasteiger partial charge in [0.2, 0.25) is 5.78 Å². The number of aromatic carboxylic acids is 1. The first-order valence-electron chi connectivity index (χ1n) is 4.15. The number of hydrogen-bond acceptors (Lipinski definition) is 3. The van der Waals surface area contributed by atoms with Crippen LogP contribution in [0.4, 0.5) is 13.2 Å². The number of rotatable bonds is 1. The van der Waals surface area contributed by atoms with Crippen molar-refractivity contribution in [2.45, 2.75) is 6.18 Å². The van der Waals surface area contributed by atoms with Gasteiger partial charge in [-0.2, -0.15) is 13.2 Å². The zero-order valence-corrected chi connectivity index (χ0v) is 9.45. The molecule has 0 aliphatic heterocycles. The van der Waals surface area contributed by atoms with Gasteiger partial charge in [-0.05, 0) is 15.9 Å². The van der Waals surface area contributed by atoms with E-state index in [1.807, 2.05) is 0 Å². The number of carbonyl (C=O) groups is 1. The Morgan fingerprint density at radius 3 is 2.65 bits per heavy atom. The van der Waals surface area contributed by atoms with E-state index in [1.54, 1.807) is 0 Å². The van der Waals surface area contributed by atoms with Crippen molar-refractivity contribution in [2.24, 2.45) is 0 Å². The molecule has 5 nitrogen and oxygen atoms in total. The number of carboxylic acid groups (broad SMARTS) is 1. The topological polar surface area (TPSA) is 67.5 Å². The van der Waals surface area contributed by atoms with Crippen molar-refractivity contribution in [3.05, 3.63) is 28.3 Å². The fourth-order valence-electron chi connectivity index (χ4n) is 1.29. The summed E-state index contributed by atoms with van der Waals surface area (Å²) in [5.74, 6) is -1.74. The summed E-state index contributed by atoms with van der Waals surface area (Å²) in [6, 6.07) is 0. The molecular formula is C8H3BrF3N3O2. The lowest BCUT2D eigenvalue weighted by atomic mass is 10.4. The molecule has 0 radical (unpaired) electrons. The van der Waals surface area contributed by atoms with Crippen molar-refractivity contribution in [1.29, 1.82) is 0 Å². The maximum absolute atomic E-state index is 12.7. The van der Waals surface area contributed by atoms with E-state index in [-0.39, 0.29) is 10.3 Å². The van der Waals surface area contributed by atoms with Crippen LogP contribution in [0.5, 0.6) is 0 Å². The van der Waals surface area contributed by atoms with Crippen LogP contribution in [0, 0.1) is 0 Å². The fraction of sp³-hybridized carbons (Fsp3) is 0.125. The lowest BCUT2D eigenvalue weighted by molar-refractivity contribution is -0.142. The zero-order chi connectivity index (χ0) is 12.8. The number of alkyl halides is 3. The van der Waals surface area contributed by atoms with Crippen LogP contribution in [0.3, 0.4) is 0 Å². The number of hydrogen-bond donors (Lipinski definition) is 1. The summed E-state index contributed by atoms with van der Waals surface area (Å²) in [6.45, 7) is 0. The SMILES string of the molecule is O=C(O)c1cn2c(C(F)(F)F)c(Br)cnc2n1. The Balaban J connectivity index is 2.81. The summed E-state index contributed by atoms with van der Waals surface area (Å²) < 4.78 is 38.5. The van der Waals surface area contributed by atoms with Gasteiger partial charge in [-0.25, -0.2) is 14.8 Å². The van der Waals surface area contributed by atoms with Crippen LogP contribution in [0.25, 0.3) is 5.78 Å². The highest BCUT2D eigenvalue weighted by Crippen LogP contribution is 2.34. The quantitative estimate of drug-likeness (QED) is 0.877. The molecule has 0 aromatic carbocycles. The molecule has 2 aromatic heterocycles. The first kappa shape index (κ1) is 11.8. The van der Waals surface area contributed by atoms with Crippen molar-refractivity contribution in [3.63, 3.8) is 0 Å². The van der Waals surface area contributed by atoms with E-state index >= 15 is 0 Å². The smallest absolute Gasteiger partial charge is 0.433 e. The highest BCUT2D eigenvalue weighted by atomic mass is 79.9. The molecule has 9 heteroatoms. The Labute approximate surface area is 100 Å². The van der Waals surface area contributed by atoms with E-state index in [0.29, 0.717) is 4.40 Å². The number of halogens is 4. The predicted octanol–water partition coefficient (Wildman–Crippen LogP) is 2.21. The van der Waals surface area contributed by atoms with E-state index in [1.165, 1.54) is 0 Å². The van der Waals surface area contributed by atoms with E-state index in [2.05, 4.69) is 25.9 Å². The largest absolute Gasteiger partial charge is 0.476 e. The van der Waals surface area contributed by atoms with Gasteiger partial charge in [0, 0.05) is 12.4 Å². The summed E-state index contributed by atoms with van der Waals surface area (Å²) in [4.78, 5) is 17.7. The minimum absolute atomic E-state index is 0.285. The van der Waals surface area contributed by atoms with Gasteiger partial charge in [0.25, 0.3) is 0 Å². The Bertz CT molecular complexity index is 608. The van der Waals surface area contributed by atoms with Gasteiger partial charge < -0.3 is 5.11 Å². The first-order valence-corrected chi connectivity index (χ1v) is 4.94. The van der Waals surface area contributed by atoms with Crippen LogP contribution >= 0.6 is 15.9 Å². The van der Waals surface area contributed by atoms with E-state index < -0.39 is 23.5 Å². The first-order chi connectivity index (χ1) is 7.80. The Hall–Kier alpha value is -1.64. The van der Waals surface area contributed by atoms with Crippen molar-refractivity contribution < 1.29 is 23.1 Å². The fourth-order valence-corrected chi connectivity index (χ4v) is 1.81. The average molecular weight is 310 g/mol. The second-order valence-electron chi connectivity index (χ2n) is 3.05. The molecule has 0 atom stereocenters. The molecule has 0 bridgehead atoms. The summed E-state index contributed by atoms with van der Waals surface area (Å²) >= 11 is 2.72. The number of imidazole rings is 1. The van der Waals surface area contributed by atoms with Gasteiger partial charge in [-0.3, -0.25) is 4.40 Å². The minimum atomic E-state index is -4.64.